The maximum Gasteiger partial charge on any atom is 0.337 e. The molecule has 0 bridgehead atoms. The number of carboxylic acid groups (broad SMARTS) is 1. The van der Waals surface area contributed by atoms with Crippen LogP contribution in [0.4, 0.5) is 0 Å². The molecule has 0 amide bonds. The lowest BCUT2D eigenvalue weighted by Gasteiger charge is -2.05. The average molecular weight is 287 g/mol. The molecule has 20 heavy (non-hydrogen) atoms. The normalized spacial score (nSPS) is 10.8. The zero-order valence-electron chi connectivity index (χ0n) is 10.5. The molecule has 5 heteroatoms. The van der Waals surface area contributed by atoms with Gasteiger partial charge in [0.2, 0.25) is 0 Å². The summed E-state index contributed by atoms with van der Waals surface area (Å²) in [6.07, 6.45) is 3.23. The lowest BCUT2D eigenvalue weighted by Crippen LogP contribution is -2.02. The van der Waals surface area contributed by atoms with Gasteiger partial charge in [0.05, 0.1) is 22.8 Å². The quantitative estimate of drug-likeness (QED) is 0.802. The van der Waals surface area contributed by atoms with E-state index in [0.717, 1.165) is 16.6 Å². The number of carbonyl (C=O) groups is 1. The number of pyridine rings is 1. The van der Waals surface area contributed by atoms with E-state index in [4.69, 9.17) is 16.7 Å². The molecular formula is C15H11ClN2O2. The number of nitrogens with zero attached hydrogens (tertiary/aromatic N) is 2. The van der Waals surface area contributed by atoms with E-state index >= 15 is 0 Å². The molecule has 2 aromatic heterocycles. The number of halogens is 1. The summed E-state index contributed by atoms with van der Waals surface area (Å²) in [7, 11) is 0. The minimum Gasteiger partial charge on any atom is -0.478 e. The number of hydrogen-bond acceptors (Lipinski definition) is 2. The van der Waals surface area contributed by atoms with Gasteiger partial charge < -0.3 is 9.67 Å². The van der Waals surface area contributed by atoms with E-state index in [1.165, 1.54) is 6.20 Å². The highest BCUT2D eigenvalue weighted by atomic mass is 35.5. The summed E-state index contributed by atoms with van der Waals surface area (Å²) in [6, 6.07) is 11.1. The van der Waals surface area contributed by atoms with Crippen molar-refractivity contribution in [3.8, 4) is 0 Å². The first-order valence-corrected chi connectivity index (χ1v) is 6.44. The maximum atomic E-state index is 10.8. The molecule has 1 N–H and O–H groups in total. The van der Waals surface area contributed by atoms with Gasteiger partial charge in [0.15, 0.2) is 0 Å². The summed E-state index contributed by atoms with van der Waals surface area (Å²) in [5, 5.41) is 10.5. The van der Waals surface area contributed by atoms with E-state index < -0.39 is 5.97 Å². The third kappa shape index (κ3) is 2.26. The van der Waals surface area contributed by atoms with Gasteiger partial charge in [-0.25, -0.2) is 4.79 Å². The predicted octanol–water partition coefficient (Wildman–Crippen LogP) is 3.44. The van der Waals surface area contributed by atoms with E-state index in [1.807, 2.05) is 35.0 Å². The summed E-state index contributed by atoms with van der Waals surface area (Å²) >= 11 is 6.19. The number of aromatic carboxylic acids is 1. The van der Waals surface area contributed by atoms with Crippen molar-refractivity contribution < 1.29 is 9.90 Å². The van der Waals surface area contributed by atoms with Crippen molar-refractivity contribution in [2.24, 2.45) is 0 Å². The Morgan fingerprint density at radius 2 is 2.05 bits per heavy atom. The van der Waals surface area contributed by atoms with Gasteiger partial charge in [0, 0.05) is 23.3 Å². The topological polar surface area (TPSA) is 55.1 Å². The van der Waals surface area contributed by atoms with Crippen LogP contribution in [-0.4, -0.2) is 20.6 Å². The van der Waals surface area contributed by atoms with Crippen molar-refractivity contribution in [1.82, 2.24) is 9.55 Å². The molecule has 100 valence electrons. The van der Waals surface area contributed by atoms with Crippen LogP contribution in [0.2, 0.25) is 5.02 Å². The number of fused-ring (bicyclic) bond motifs is 1. The van der Waals surface area contributed by atoms with Gasteiger partial charge in [-0.1, -0.05) is 29.8 Å². The minimum absolute atomic E-state index is 0.184. The number of aromatic nitrogens is 2. The molecule has 3 aromatic rings. The highest BCUT2D eigenvalue weighted by molar-refractivity contribution is 6.35. The van der Waals surface area contributed by atoms with Crippen molar-refractivity contribution in [3.63, 3.8) is 0 Å². The van der Waals surface area contributed by atoms with Crippen LogP contribution in [-0.2, 0) is 6.54 Å². The monoisotopic (exact) mass is 286 g/mol. The second-order valence-electron chi connectivity index (χ2n) is 4.47. The van der Waals surface area contributed by atoms with E-state index in [0.29, 0.717) is 11.6 Å². The van der Waals surface area contributed by atoms with Crippen LogP contribution < -0.4 is 0 Å². The molecule has 0 aliphatic carbocycles. The van der Waals surface area contributed by atoms with Crippen molar-refractivity contribution in [3.05, 3.63) is 65.1 Å². The molecule has 0 saturated carbocycles. The Morgan fingerprint density at radius 1 is 1.25 bits per heavy atom. The Morgan fingerprint density at radius 3 is 2.75 bits per heavy atom. The molecule has 0 spiro atoms. The largest absolute Gasteiger partial charge is 0.478 e. The van der Waals surface area contributed by atoms with E-state index in [2.05, 4.69) is 4.98 Å². The Hall–Kier alpha value is -2.33. The van der Waals surface area contributed by atoms with Gasteiger partial charge in [-0.2, -0.15) is 0 Å². The first-order valence-electron chi connectivity index (χ1n) is 6.07. The summed E-state index contributed by atoms with van der Waals surface area (Å²) in [6.45, 7) is 0.549. The third-order valence-corrected chi connectivity index (χ3v) is 3.45. The second kappa shape index (κ2) is 4.98. The van der Waals surface area contributed by atoms with Gasteiger partial charge in [-0.05, 0) is 18.2 Å². The molecule has 0 radical (unpaired) electrons. The molecule has 2 heterocycles. The van der Waals surface area contributed by atoms with Crippen LogP contribution in [0.25, 0.3) is 10.9 Å². The van der Waals surface area contributed by atoms with Crippen LogP contribution in [0, 0.1) is 0 Å². The summed E-state index contributed by atoms with van der Waals surface area (Å²) in [5.74, 6) is -0.974. The van der Waals surface area contributed by atoms with Crippen LogP contribution in [0.3, 0.4) is 0 Å². The smallest absolute Gasteiger partial charge is 0.337 e. The Balaban J connectivity index is 1.95. The summed E-state index contributed by atoms with van der Waals surface area (Å²) < 4.78 is 2.00. The number of rotatable bonds is 3. The van der Waals surface area contributed by atoms with Crippen LogP contribution >= 0.6 is 11.6 Å². The van der Waals surface area contributed by atoms with E-state index in [-0.39, 0.29) is 5.56 Å². The molecule has 4 nitrogen and oxygen atoms in total. The maximum absolute atomic E-state index is 10.8. The zero-order valence-corrected chi connectivity index (χ0v) is 11.2. The lowest BCUT2D eigenvalue weighted by molar-refractivity contribution is 0.0696. The summed E-state index contributed by atoms with van der Waals surface area (Å²) in [4.78, 5) is 15.0. The lowest BCUT2D eigenvalue weighted by atomic mass is 10.2. The predicted molar refractivity (Wildman–Crippen MR) is 77.2 cm³/mol. The van der Waals surface area contributed by atoms with Gasteiger partial charge in [0.1, 0.15) is 0 Å². The standard InChI is InChI=1S/C15H11ClN2O2/c16-13-9-18(14-4-2-1-3-12(13)14)8-11-6-5-10(7-17-11)15(19)20/h1-7,9H,8H2,(H,19,20). The molecule has 0 aliphatic heterocycles. The van der Waals surface area contributed by atoms with Crippen molar-refractivity contribution in [2.75, 3.05) is 0 Å². The first-order chi connectivity index (χ1) is 9.65. The fraction of sp³-hybridized carbons (Fsp3) is 0.0667. The fourth-order valence-corrected chi connectivity index (χ4v) is 2.43. The molecule has 1 aromatic carbocycles. The van der Waals surface area contributed by atoms with E-state index in [9.17, 15) is 4.79 Å². The Kier molecular flexibility index (Phi) is 3.16. The van der Waals surface area contributed by atoms with Crippen molar-refractivity contribution in [1.29, 1.82) is 0 Å². The number of para-hydroxylation sites is 1. The van der Waals surface area contributed by atoms with Gasteiger partial charge >= 0.3 is 5.97 Å². The van der Waals surface area contributed by atoms with Gasteiger partial charge in [0.25, 0.3) is 0 Å². The molecule has 0 aliphatic rings. The SMILES string of the molecule is O=C(O)c1ccc(Cn2cc(Cl)c3ccccc32)nc1. The van der Waals surface area contributed by atoms with Crippen molar-refractivity contribution in [2.45, 2.75) is 6.54 Å². The fourth-order valence-electron chi connectivity index (χ4n) is 2.15. The highest BCUT2D eigenvalue weighted by Crippen LogP contribution is 2.25. The molecule has 0 atom stereocenters. The third-order valence-electron chi connectivity index (χ3n) is 3.14. The molecule has 0 unspecified atom stereocenters. The van der Waals surface area contributed by atoms with Crippen LogP contribution in [0.1, 0.15) is 16.1 Å². The Labute approximate surface area is 120 Å². The van der Waals surface area contributed by atoms with E-state index in [1.54, 1.807) is 12.1 Å². The highest BCUT2D eigenvalue weighted by Gasteiger charge is 2.08. The van der Waals surface area contributed by atoms with Gasteiger partial charge in [-0.15, -0.1) is 0 Å². The number of hydrogen-bond donors (Lipinski definition) is 1. The second-order valence-corrected chi connectivity index (χ2v) is 4.87. The van der Waals surface area contributed by atoms with Crippen molar-refractivity contribution >= 4 is 28.5 Å². The van der Waals surface area contributed by atoms with Crippen LogP contribution in [0.15, 0.2) is 48.8 Å². The summed E-state index contributed by atoms with van der Waals surface area (Å²) in [5.41, 5.74) is 2.00. The average Bonchev–Trinajstić information content (AvgIpc) is 2.77. The molecular weight excluding hydrogens is 276 g/mol. The van der Waals surface area contributed by atoms with Crippen LogP contribution in [0.5, 0.6) is 0 Å². The molecule has 0 saturated heterocycles. The van der Waals surface area contributed by atoms with Gasteiger partial charge in [-0.3, -0.25) is 4.98 Å². The number of carboxylic acids is 1. The minimum atomic E-state index is -0.974. The Bertz CT molecular complexity index is 778. The first kappa shape index (κ1) is 12.7. The molecule has 3 rings (SSSR count). The number of benzene rings is 1. The molecule has 0 fully saturated rings. The zero-order chi connectivity index (χ0) is 14.1.